The standard InChI is InChI=1S/C12H23NO4/c1-5-10(8-14)13(11(15)6-2)7-9(3)12(16)17-4/h9-10,14H,5-8H2,1-4H3. The highest BCUT2D eigenvalue weighted by atomic mass is 16.5. The quantitative estimate of drug-likeness (QED) is 0.674. The lowest BCUT2D eigenvalue weighted by molar-refractivity contribution is -0.147. The van der Waals surface area contributed by atoms with E-state index in [0.29, 0.717) is 19.4 Å². The number of carbonyl (C=O) groups is 2. The van der Waals surface area contributed by atoms with Crippen molar-refractivity contribution in [3.05, 3.63) is 0 Å². The number of hydrogen-bond donors (Lipinski definition) is 1. The third-order valence-corrected chi connectivity index (χ3v) is 2.82. The lowest BCUT2D eigenvalue weighted by Gasteiger charge is -2.31. The van der Waals surface area contributed by atoms with Crippen LogP contribution in [0.4, 0.5) is 0 Å². The Hall–Kier alpha value is -1.10. The number of aliphatic hydroxyl groups is 1. The Morgan fingerprint density at radius 2 is 1.94 bits per heavy atom. The van der Waals surface area contributed by atoms with E-state index in [2.05, 4.69) is 4.74 Å². The largest absolute Gasteiger partial charge is 0.469 e. The lowest BCUT2D eigenvalue weighted by atomic mass is 10.1. The molecule has 0 aliphatic heterocycles. The monoisotopic (exact) mass is 245 g/mol. The lowest BCUT2D eigenvalue weighted by Crippen LogP contribution is -2.45. The first-order chi connectivity index (χ1) is 8.01. The van der Waals surface area contributed by atoms with Gasteiger partial charge in [-0.25, -0.2) is 0 Å². The van der Waals surface area contributed by atoms with Crippen molar-refractivity contribution < 1.29 is 19.4 Å². The molecular formula is C12H23NO4. The number of esters is 1. The Kier molecular flexibility index (Phi) is 7.54. The number of hydrogen-bond acceptors (Lipinski definition) is 4. The molecule has 5 heteroatoms. The van der Waals surface area contributed by atoms with Gasteiger partial charge >= 0.3 is 5.97 Å². The van der Waals surface area contributed by atoms with Gasteiger partial charge in [-0.2, -0.15) is 0 Å². The third-order valence-electron chi connectivity index (χ3n) is 2.82. The van der Waals surface area contributed by atoms with Gasteiger partial charge in [0.05, 0.1) is 25.7 Å². The van der Waals surface area contributed by atoms with Gasteiger partial charge in [-0.1, -0.05) is 20.8 Å². The van der Waals surface area contributed by atoms with Crippen molar-refractivity contribution in [3.63, 3.8) is 0 Å². The number of methoxy groups -OCH3 is 1. The van der Waals surface area contributed by atoms with Crippen molar-refractivity contribution >= 4 is 11.9 Å². The predicted octanol–water partition coefficient (Wildman–Crippen LogP) is 0.805. The molecule has 0 aromatic heterocycles. The van der Waals surface area contributed by atoms with Crippen LogP contribution in [0.5, 0.6) is 0 Å². The minimum absolute atomic E-state index is 0.0540. The molecule has 17 heavy (non-hydrogen) atoms. The first-order valence-electron chi connectivity index (χ1n) is 5.99. The van der Waals surface area contributed by atoms with Gasteiger partial charge in [-0.05, 0) is 6.42 Å². The SMILES string of the molecule is CCC(=O)N(CC(C)C(=O)OC)C(CC)CO. The highest BCUT2D eigenvalue weighted by Gasteiger charge is 2.25. The molecule has 100 valence electrons. The summed E-state index contributed by atoms with van der Waals surface area (Å²) < 4.78 is 4.63. The number of rotatable bonds is 7. The average Bonchev–Trinajstić information content (AvgIpc) is 2.36. The summed E-state index contributed by atoms with van der Waals surface area (Å²) in [5.74, 6) is -0.774. The molecule has 0 heterocycles. The van der Waals surface area contributed by atoms with Gasteiger partial charge in [-0.15, -0.1) is 0 Å². The summed E-state index contributed by atoms with van der Waals surface area (Å²) >= 11 is 0. The first kappa shape index (κ1) is 15.9. The number of amides is 1. The molecule has 0 fully saturated rings. The molecule has 0 aromatic carbocycles. The zero-order chi connectivity index (χ0) is 13.4. The van der Waals surface area contributed by atoms with Crippen LogP contribution in [0.3, 0.4) is 0 Å². The third kappa shape index (κ3) is 4.73. The van der Waals surface area contributed by atoms with Gasteiger partial charge in [-0.3, -0.25) is 9.59 Å². The molecule has 0 saturated heterocycles. The molecule has 0 spiro atoms. The van der Waals surface area contributed by atoms with Crippen LogP contribution in [0.15, 0.2) is 0 Å². The Bertz CT molecular complexity index is 251. The van der Waals surface area contributed by atoms with Gasteiger partial charge in [0.15, 0.2) is 0 Å². The Labute approximate surface area is 103 Å². The fourth-order valence-corrected chi connectivity index (χ4v) is 1.68. The van der Waals surface area contributed by atoms with Crippen molar-refractivity contribution in [1.29, 1.82) is 0 Å². The minimum atomic E-state index is -0.379. The summed E-state index contributed by atoms with van der Waals surface area (Å²) in [6, 6.07) is -0.227. The molecule has 0 saturated carbocycles. The molecule has 2 unspecified atom stereocenters. The first-order valence-corrected chi connectivity index (χ1v) is 5.99. The van der Waals surface area contributed by atoms with E-state index in [1.54, 1.807) is 18.7 Å². The fourth-order valence-electron chi connectivity index (χ4n) is 1.68. The molecule has 0 aromatic rings. The van der Waals surface area contributed by atoms with Crippen molar-refractivity contribution in [2.45, 2.75) is 39.7 Å². The zero-order valence-electron chi connectivity index (χ0n) is 11.1. The molecule has 1 amide bonds. The maximum absolute atomic E-state index is 11.8. The summed E-state index contributed by atoms with van der Waals surface area (Å²) in [6.07, 6.45) is 1.03. The maximum Gasteiger partial charge on any atom is 0.310 e. The number of carbonyl (C=O) groups excluding carboxylic acids is 2. The van der Waals surface area contributed by atoms with Gasteiger partial charge in [0.2, 0.25) is 5.91 Å². The molecule has 0 bridgehead atoms. The van der Waals surface area contributed by atoms with E-state index in [-0.39, 0.29) is 30.4 Å². The smallest absolute Gasteiger partial charge is 0.310 e. The van der Waals surface area contributed by atoms with Crippen molar-refractivity contribution in [3.8, 4) is 0 Å². The number of aliphatic hydroxyl groups excluding tert-OH is 1. The summed E-state index contributed by atoms with van der Waals surface area (Å²) in [5.41, 5.74) is 0. The van der Waals surface area contributed by atoms with Crippen molar-refractivity contribution in [2.75, 3.05) is 20.3 Å². The van der Waals surface area contributed by atoms with E-state index in [0.717, 1.165) is 0 Å². The molecule has 0 aliphatic rings. The fraction of sp³-hybridized carbons (Fsp3) is 0.833. The second-order valence-corrected chi connectivity index (χ2v) is 4.07. The normalized spacial score (nSPS) is 13.9. The van der Waals surface area contributed by atoms with Gasteiger partial charge in [0.1, 0.15) is 0 Å². The second kappa shape index (κ2) is 8.06. The van der Waals surface area contributed by atoms with Crippen molar-refractivity contribution in [2.24, 2.45) is 5.92 Å². The Morgan fingerprint density at radius 1 is 1.35 bits per heavy atom. The Morgan fingerprint density at radius 3 is 2.29 bits per heavy atom. The molecule has 0 aliphatic carbocycles. The summed E-state index contributed by atoms with van der Waals surface area (Å²) in [4.78, 5) is 24.7. The van der Waals surface area contributed by atoms with Crippen LogP contribution < -0.4 is 0 Å². The van der Waals surface area contributed by atoms with E-state index < -0.39 is 0 Å². The zero-order valence-corrected chi connectivity index (χ0v) is 11.1. The summed E-state index contributed by atoms with van der Waals surface area (Å²) in [7, 11) is 1.33. The average molecular weight is 245 g/mol. The minimum Gasteiger partial charge on any atom is -0.469 e. The second-order valence-electron chi connectivity index (χ2n) is 4.07. The summed E-state index contributed by atoms with van der Waals surface area (Å²) in [6.45, 7) is 5.59. The van der Waals surface area contributed by atoms with E-state index in [4.69, 9.17) is 0 Å². The van der Waals surface area contributed by atoms with Crippen LogP contribution in [0.2, 0.25) is 0 Å². The van der Waals surface area contributed by atoms with Gasteiger partial charge in [0, 0.05) is 13.0 Å². The molecule has 0 radical (unpaired) electrons. The van der Waals surface area contributed by atoms with Crippen LogP contribution >= 0.6 is 0 Å². The predicted molar refractivity (Wildman–Crippen MR) is 64.3 cm³/mol. The topological polar surface area (TPSA) is 66.8 Å². The van der Waals surface area contributed by atoms with Crippen LogP contribution in [0, 0.1) is 5.92 Å². The number of nitrogens with zero attached hydrogens (tertiary/aromatic N) is 1. The van der Waals surface area contributed by atoms with E-state index in [9.17, 15) is 14.7 Å². The van der Waals surface area contributed by atoms with E-state index in [1.807, 2.05) is 6.92 Å². The van der Waals surface area contributed by atoms with E-state index >= 15 is 0 Å². The van der Waals surface area contributed by atoms with E-state index in [1.165, 1.54) is 7.11 Å². The molecular weight excluding hydrogens is 222 g/mol. The van der Waals surface area contributed by atoms with Crippen molar-refractivity contribution in [1.82, 2.24) is 4.90 Å². The van der Waals surface area contributed by atoms with Gasteiger partial charge in [0.25, 0.3) is 0 Å². The molecule has 0 rings (SSSR count). The highest BCUT2D eigenvalue weighted by molar-refractivity contribution is 5.78. The molecule has 2 atom stereocenters. The van der Waals surface area contributed by atoms with Crippen LogP contribution in [-0.4, -0.2) is 48.2 Å². The van der Waals surface area contributed by atoms with Crippen LogP contribution in [0.25, 0.3) is 0 Å². The maximum atomic E-state index is 11.8. The highest BCUT2D eigenvalue weighted by Crippen LogP contribution is 2.11. The molecule has 5 nitrogen and oxygen atoms in total. The summed E-state index contributed by atoms with van der Waals surface area (Å²) in [5, 5.41) is 9.24. The molecule has 1 N–H and O–H groups in total. The number of ether oxygens (including phenoxy) is 1. The Balaban J connectivity index is 4.70. The van der Waals surface area contributed by atoms with Crippen LogP contribution in [0.1, 0.15) is 33.6 Å². The van der Waals surface area contributed by atoms with Crippen LogP contribution in [-0.2, 0) is 14.3 Å². The van der Waals surface area contributed by atoms with Gasteiger partial charge < -0.3 is 14.7 Å².